The number of hydrogen-bond acceptors (Lipinski definition) is 6. The van der Waals surface area contributed by atoms with Gasteiger partial charge in [0, 0.05) is 26.3 Å². The highest BCUT2D eigenvalue weighted by Crippen LogP contribution is 2.28. The normalized spacial score (nSPS) is 10.7. The van der Waals surface area contributed by atoms with Crippen LogP contribution in [-0.2, 0) is 4.74 Å². The van der Waals surface area contributed by atoms with Gasteiger partial charge in [0.15, 0.2) is 11.6 Å². The molecule has 0 amide bonds. The van der Waals surface area contributed by atoms with Crippen molar-refractivity contribution in [2.75, 3.05) is 44.0 Å². The molecule has 0 saturated heterocycles. The van der Waals surface area contributed by atoms with Gasteiger partial charge in [0.2, 0.25) is 5.75 Å². The SMILES string of the molecule is CCNc1ncnc(NCCCOCC(C)C)c1OC. The molecule has 1 heterocycles. The highest BCUT2D eigenvalue weighted by Gasteiger charge is 2.10. The number of rotatable bonds is 10. The first-order valence-corrected chi connectivity index (χ1v) is 7.13. The zero-order valence-corrected chi connectivity index (χ0v) is 12.9. The molecule has 0 aliphatic carbocycles. The van der Waals surface area contributed by atoms with Crippen molar-refractivity contribution in [3.8, 4) is 5.75 Å². The fourth-order valence-corrected chi connectivity index (χ4v) is 1.69. The third-order valence-corrected chi connectivity index (χ3v) is 2.56. The molecule has 0 aliphatic rings. The Morgan fingerprint density at radius 3 is 2.50 bits per heavy atom. The number of nitrogens with zero attached hydrogens (tertiary/aromatic N) is 2. The van der Waals surface area contributed by atoms with E-state index in [4.69, 9.17) is 9.47 Å². The van der Waals surface area contributed by atoms with E-state index in [1.165, 1.54) is 6.33 Å². The van der Waals surface area contributed by atoms with Crippen molar-refractivity contribution in [2.45, 2.75) is 27.2 Å². The van der Waals surface area contributed by atoms with Crippen LogP contribution in [0.15, 0.2) is 6.33 Å². The predicted octanol–water partition coefficient (Wildman–Crippen LogP) is 2.39. The minimum absolute atomic E-state index is 0.576. The van der Waals surface area contributed by atoms with Crippen LogP contribution in [0.3, 0.4) is 0 Å². The summed E-state index contributed by atoms with van der Waals surface area (Å²) in [4.78, 5) is 8.38. The number of ether oxygens (including phenoxy) is 2. The van der Waals surface area contributed by atoms with Crippen molar-refractivity contribution in [3.05, 3.63) is 6.33 Å². The lowest BCUT2D eigenvalue weighted by atomic mass is 10.2. The maximum absolute atomic E-state index is 5.54. The van der Waals surface area contributed by atoms with E-state index in [1.54, 1.807) is 7.11 Å². The van der Waals surface area contributed by atoms with Crippen LogP contribution in [0.25, 0.3) is 0 Å². The number of nitrogens with one attached hydrogen (secondary N) is 2. The second kappa shape index (κ2) is 9.36. The van der Waals surface area contributed by atoms with Crippen molar-refractivity contribution >= 4 is 11.6 Å². The van der Waals surface area contributed by atoms with Crippen molar-refractivity contribution < 1.29 is 9.47 Å². The quantitative estimate of drug-likeness (QED) is 0.642. The summed E-state index contributed by atoms with van der Waals surface area (Å²) in [6.45, 7) is 9.44. The van der Waals surface area contributed by atoms with Gasteiger partial charge in [-0.1, -0.05) is 13.8 Å². The molecule has 1 aromatic rings. The van der Waals surface area contributed by atoms with E-state index < -0.39 is 0 Å². The predicted molar refractivity (Wildman–Crippen MR) is 81.5 cm³/mol. The molecule has 0 radical (unpaired) electrons. The van der Waals surface area contributed by atoms with Gasteiger partial charge >= 0.3 is 0 Å². The van der Waals surface area contributed by atoms with E-state index in [2.05, 4.69) is 34.4 Å². The number of aromatic nitrogens is 2. The molecule has 0 bridgehead atoms. The molecule has 0 saturated carbocycles. The smallest absolute Gasteiger partial charge is 0.204 e. The molecule has 1 aromatic heterocycles. The lowest BCUT2D eigenvalue weighted by Gasteiger charge is -2.13. The van der Waals surface area contributed by atoms with Crippen LogP contribution in [0.1, 0.15) is 27.2 Å². The molecule has 0 aliphatic heterocycles. The molecule has 114 valence electrons. The summed E-state index contributed by atoms with van der Waals surface area (Å²) in [6.07, 6.45) is 2.45. The van der Waals surface area contributed by atoms with Gasteiger partial charge in [-0.25, -0.2) is 9.97 Å². The molecule has 2 N–H and O–H groups in total. The Kier molecular flexibility index (Phi) is 7.72. The van der Waals surface area contributed by atoms with E-state index in [9.17, 15) is 0 Å². The summed E-state index contributed by atoms with van der Waals surface area (Å²) in [7, 11) is 1.62. The van der Waals surface area contributed by atoms with E-state index in [0.717, 1.165) is 32.7 Å². The van der Waals surface area contributed by atoms with E-state index in [1.807, 2.05) is 6.92 Å². The van der Waals surface area contributed by atoms with Crippen LogP contribution in [-0.4, -0.2) is 43.4 Å². The van der Waals surface area contributed by atoms with Gasteiger partial charge in [0.25, 0.3) is 0 Å². The minimum atomic E-state index is 0.576. The Balaban J connectivity index is 2.41. The second-order valence-corrected chi connectivity index (χ2v) is 4.88. The first-order chi connectivity index (χ1) is 9.69. The summed E-state index contributed by atoms with van der Waals surface area (Å²) >= 11 is 0. The van der Waals surface area contributed by atoms with Crippen molar-refractivity contribution in [1.82, 2.24) is 9.97 Å². The van der Waals surface area contributed by atoms with Gasteiger partial charge in [-0.2, -0.15) is 0 Å². The molecular formula is C14H26N4O2. The second-order valence-electron chi connectivity index (χ2n) is 4.88. The minimum Gasteiger partial charge on any atom is -0.490 e. The Labute approximate surface area is 121 Å². The fraction of sp³-hybridized carbons (Fsp3) is 0.714. The molecule has 20 heavy (non-hydrogen) atoms. The zero-order chi connectivity index (χ0) is 14.8. The lowest BCUT2D eigenvalue weighted by molar-refractivity contribution is 0.110. The highest BCUT2D eigenvalue weighted by molar-refractivity contribution is 5.63. The van der Waals surface area contributed by atoms with E-state index in [0.29, 0.717) is 23.3 Å². The van der Waals surface area contributed by atoms with Crippen molar-refractivity contribution in [3.63, 3.8) is 0 Å². The lowest BCUT2D eigenvalue weighted by Crippen LogP contribution is -2.11. The third-order valence-electron chi connectivity index (χ3n) is 2.56. The molecule has 6 heteroatoms. The van der Waals surface area contributed by atoms with Crippen molar-refractivity contribution in [2.24, 2.45) is 5.92 Å². The number of methoxy groups -OCH3 is 1. The molecule has 1 rings (SSSR count). The Morgan fingerprint density at radius 2 is 1.90 bits per heavy atom. The summed E-state index contributed by atoms with van der Waals surface area (Å²) in [5, 5.41) is 6.40. The van der Waals surface area contributed by atoms with Crippen LogP contribution in [0, 0.1) is 5.92 Å². The Morgan fingerprint density at radius 1 is 1.20 bits per heavy atom. The van der Waals surface area contributed by atoms with E-state index >= 15 is 0 Å². The molecule has 0 aromatic carbocycles. The summed E-state index contributed by atoms with van der Waals surface area (Å²) < 4.78 is 10.9. The van der Waals surface area contributed by atoms with Gasteiger partial charge in [-0.05, 0) is 19.3 Å². The zero-order valence-electron chi connectivity index (χ0n) is 12.9. The standard InChI is InChI=1S/C14H26N4O2/c1-5-15-13-12(19-4)14(18-10-17-13)16-7-6-8-20-9-11(2)3/h10-11H,5-9H2,1-4H3,(H2,15,16,17,18). The molecular weight excluding hydrogens is 256 g/mol. The number of anilines is 2. The Bertz CT molecular complexity index is 385. The van der Waals surface area contributed by atoms with Crippen LogP contribution in [0.5, 0.6) is 5.75 Å². The average molecular weight is 282 g/mol. The van der Waals surface area contributed by atoms with Gasteiger partial charge in [-0.3, -0.25) is 0 Å². The van der Waals surface area contributed by atoms with Gasteiger partial charge in [0.05, 0.1) is 7.11 Å². The molecule has 0 unspecified atom stereocenters. The maximum Gasteiger partial charge on any atom is 0.204 e. The maximum atomic E-state index is 5.54. The monoisotopic (exact) mass is 282 g/mol. The van der Waals surface area contributed by atoms with Crippen LogP contribution >= 0.6 is 0 Å². The summed E-state index contributed by atoms with van der Waals surface area (Å²) in [6, 6.07) is 0. The topological polar surface area (TPSA) is 68.3 Å². The Hall–Kier alpha value is -1.56. The van der Waals surface area contributed by atoms with Crippen LogP contribution < -0.4 is 15.4 Å². The van der Waals surface area contributed by atoms with Crippen LogP contribution in [0.2, 0.25) is 0 Å². The molecule has 0 spiro atoms. The molecule has 0 atom stereocenters. The fourth-order valence-electron chi connectivity index (χ4n) is 1.69. The first-order valence-electron chi connectivity index (χ1n) is 7.13. The van der Waals surface area contributed by atoms with Gasteiger partial charge in [-0.15, -0.1) is 0 Å². The molecule has 0 fully saturated rings. The van der Waals surface area contributed by atoms with E-state index in [-0.39, 0.29) is 0 Å². The van der Waals surface area contributed by atoms with Gasteiger partial charge in [0.1, 0.15) is 6.33 Å². The van der Waals surface area contributed by atoms with Crippen LogP contribution in [0.4, 0.5) is 11.6 Å². The molecule has 6 nitrogen and oxygen atoms in total. The third kappa shape index (κ3) is 5.61. The largest absolute Gasteiger partial charge is 0.490 e. The summed E-state index contributed by atoms with van der Waals surface area (Å²) in [5.41, 5.74) is 0. The van der Waals surface area contributed by atoms with Crippen molar-refractivity contribution in [1.29, 1.82) is 0 Å². The first kappa shape index (κ1) is 16.5. The average Bonchev–Trinajstić information content (AvgIpc) is 2.43. The summed E-state index contributed by atoms with van der Waals surface area (Å²) in [5.74, 6) is 2.65. The number of hydrogen-bond donors (Lipinski definition) is 2. The highest BCUT2D eigenvalue weighted by atomic mass is 16.5. The van der Waals surface area contributed by atoms with Gasteiger partial charge < -0.3 is 20.1 Å².